The first-order chi connectivity index (χ1) is 16.9. The zero-order valence-electron chi connectivity index (χ0n) is 20.5. The molecule has 0 radical (unpaired) electrons. The molecule has 0 spiro atoms. The van der Waals surface area contributed by atoms with Crippen molar-refractivity contribution >= 4 is 12.0 Å². The standard InChI is InChI=1S/C26H31F3N2O5/c1-4-36-25(2,23(32)33)15-18-7-11-22(12-8-18)35-14-13-21-17-31(24(34)30(21)3)16-19-5-9-20(10-6-19)26(27,28)29/h5-12,21H,4,13-17H2,1-3H3,(H,32,33). The number of likely N-dealkylation sites (N-methyl/N-ethyl adjacent to an activating group) is 1. The Morgan fingerprint density at radius 3 is 2.25 bits per heavy atom. The number of rotatable bonds is 11. The molecule has 36 heavy (non-hydrogen) atoms. The fourth-order valence-electron chi connectivity index (χ4n) is 4.18. The minimum Gasteiger partial charge on any atom is -0.494 e. The molecule has 0 aromatic heterocycles. The van der Waals surface area contributed by atoms with Crippen LogP contribution in [0.1, 0.15) is 37.0 Å². The van der Waals surface area contributed by atoms with Crippen molar-refractivity contribution in [3.8, 4) is 5.75 Å². The van der Waals surface area contributed by atoms with Gasteiger partial charge in [0.05, 0.1) is 18.2 Å². The SMILES string of the molecule is CCOC(C)(Cc1ccc(OCCC2CN(Cc3ccc(C(F)(F)F)cc3)C(=O)N2C)cc1)C(=O)O. The molecule has 0 bridgehead atoms. The lowest BCUT2D eigenvalue weighted by molar-refractivity contribution is -0.162. The summed E-state index contributed by atoms with van der Waals surface area (Å²) in [6.45, 7) is 4.64. The van der Waals surface area contributed by atoms with Crippen LogP contribution in [0.15, 0.2) is 48.5 Å². The van der Waals surface area contributed by atoms with Gasteiger partial charge in [-0.05, 0) is 49.2 Å². The van der Waals surface area contributed by atoms with Crippen molar-refractivity contribution in [2.75, 3.05) is 26.8 Å². The van der Waals surface area contributed by atoms with E-state index in [4.69, 9.17) is 9.47 Å². The van der Waals surface area contributed by atoms with E-state index in [0.29, 0.717) is 37.5 Å². The molecule has 7 nitrogen and oxygen atoms in total. The lowest BCUT2D eigenvalue weighted by Gasteiger charge is -2.24. The first-order valence-corrected chi connectivity index (χ1v) is 11.7. The molecule has 1 aliphatic rings. The highest BCUT2D eigenvalue weighted by Gasteiger charge is 2.35. The highest BCUT2D eigenvalue weighted by molar-refractivity contribution is 5.77. The van der Waals surface area contributed by atoms with Crippen molar-refractivity contribution in [2.24, 2.45) is 0 Å². The van der Waals surface area contributed by atoms with Crippen LogP contribution in [0, 0.1) is 0 Å². The molecule has 10 heteroatoms. The molecule has 0 aliphatic carbocycles. The number of hydrogen-bond acceptors (Lipinski definition) is 4. The number of carbonyl (C=O) groups is 2. The Kier molecular flexibility index (Phi) is 8.50. The fraction of sp³-hybridized carbons (Fsp3) is 0.462. The molecule has 1 heterocycles. The molecule has 196 valence electrons. The maximum Gasteiger partial charge on any atom is 0.416 e. The van der Waals surface area contributed by atoms with Gasteiger partial charge in [-0.3, -0.25) is 0 Å². The Labute approximate surface area is 208 Å². The van der Waals surface area contributed by atoms with Gasteiger partial charge in [0.25, 0.3) is 0 Å². The summed E-state index contributed by atoms with van der Waals surface area (Å²) in [4.78, 5) is 27.4. The van der Waals surface area contributed by atoms with Crippen molar-refractivity contribution in [1.82, 2.24) is 9.80 Å². The molecular weight excluding hydrogens is 477 g/mol. The molecule has 2 aromatic rings. The van der Waals surface area contributed by atoms with Gasteiger partial charge in [0.1, 0.15) is 5.75 Å². The number of aliphatic carboxylic acids is 1. The minimum atomic E-state index is -4.39. The lowest BCUT2D eigenvalue weighted by Crippen LogP contribution is -2.40. The topological polar surface area (TPSA) is 79.3 Å². The van der Waals surface area contributed by atoms with Crippen molar-refractivity contribution in [3.05, 3.63) is 65.2 Å². The molecule has 1 aliphatic heterocycles. The largest absolute Gasteiger partial charge is 0.494 e. The number of ether oxygens (including phenoxy) is 2. The number of amides is 2. The van der Waals surface area contributed by atoms with E-state index < -0.39 is 23.3 Å². The van der Waals surface area contributed by atoms with Gasteiger partial charge in [-0.1, -0.05) is 24.3 Å². The number of carboxylic acid groups (broad SMARTS) is 1. The van der Waals surface area contributed by atoms with Gasteiger partial charge in [-0.15, -0.1) is 0 Å². The molecule has 1 fully saturated rings. The van der Waals surface area contributed by atoms with E-state index in [1.807, 2.05) is 0 Å². The van der Waals surface area contributed by atoms with E-state index in [1.165, 1.54) is 12.1 Å². The van der Waals surface area contributed by atoms with E-state index in [9.17, 15) is 27.9 Å². The number of urea groups is 1. The molecule has 0 saturated carbocycles. The molecule has 2 aromatic carbocycles. The average Bonchev–Trinajstić information content (AvgIpc) is 3.08. The summed E-state index contributed by atoms with van der Waals surface area (Å²) in [6, 6.07) is 11.7. The van der Waals surface area contributed by atoms with Gasteiger partial charge in [-0.2, -0.15) is 13.2 Å². The van der Waals surface area contributed by atoms with E-state index in [0.717, 1.165) is 17.7 Å². The normalized spacial score (nSPS) is 17.8. The van der Waals surface area contributed by atoms with Gasteiger partial charge in [-0.25, -0.2) is 9.59 Å². The van der Waals surface area contributed by atoms with Gasteiger partial charge in [0.15, 0.2) is 5.60 Å². The predicted octanol–water partition coefficient (Wildman–Crippen LogP) is 4.83. The Hall–Kier alpha value is -3.27. The highest BCUT2D eigenvalue weighted by atomic mass is 19.4. The first kappa shape index (κ1) is 27.3. The smallest absolute Gasteiger partial charge is 0.416 e. The maximum atomic E-state index is 12.8. The highest BCUT2D eigenvalue weighted by Crippen LogP contribution is 2.29. The second-order valence-electron chi connectivity index (χ2n) is 9.05. The van der Waals surface area contributed by atoms with Crippen LogP contribution in [0.4, 0.5) is 18.0 Å². The zero-order chi connectivity index (χ0) is 26.5. The summed E-state index contributed by atoms with van der Waals surface area (Å²) < 4.78 is 49.5. The molecule has 2 atom stereocenters. The second-order valence-corrected chi connectivity index (χ2v) is 9.05. The third-order valence-electron chi connectivity index (χ3n) is 6.31. The molecule has 2 unspecified atom stereocenters. The van der Waals surface area contributed by atoms with Crippen LogP contribution in [0.2, 0.25) is 0 Å². The van der Waals surface area contributed by atoms with E-state index in [-0.39, 0.29) is 25.0 Å². The number of benzene rings is 2. The van der Waals surface area contributed by atoms with Gasteiger partial charge in [0.2, 0.25) is 0 Å². The molecule has 1 N–H and O–H groups in total. The van der Waals surface area contributed by atoms with E-state index in [2.05, 4.69) is 0 Å². The van der Waals surface area contributed by atoms with Crippen LogP contribution in [-0.2, 0) is 28.7 Å². The van der Waals surface area contributed by atoms with Crippen LogP contribution >= 0.6 is 0 Å². The summed E-state index contributed by atoms with van der Waals surface area (Å²) in [5.41, 5.74) is -0.585. The number of alkyl halides is 3. The van der Waals surface area contributed by atoms with Crippen molar-refractivity contribution in [2.45, 2.75) is 51.1 Å². The molecule has 2 amide bonds. The van der Waals surface area contributed by atoms with Crippen LogP contribution in [0.25, 0.3) is 0 Å². The summed E-state index contributed by atoms with van der Waals surface area (Å²) >= 11 is 0. The second kappa shape index (κ2) is 11.2. The van der Waals surface area contributed by atoms with Crippen LogP contribution in [0.5, 0.6) is 5.75 Å². The Bertz CT molecular complexity index is 1040. The van der Waals surface area contributed by atoms with Crippen molar-refractivity contribution in [1.29, 1.82) is 0 Å². The third kappa shape index (κ3) is 6.69. The van der Waals surface area contributed by atoms with Crippen LogP contribution in [0.3, 0.4) is 0 Å². The number of hydrogen-bond donors (Lipinski definition) is 1. The Morgan fingerprint density at radius 1 is 1.08 bits per heavy atom. The Balaban J connectivity index is 1.50. The first-order valence-electron chi connectivity index (χ1n) is 11.7. The average molecular weight is 509 g/mol. The van der Waals surface area contributed by atoms with Crippen molar-refractivity contribution in [3.63, 3.8) is 0 Å². The fourth-order valence-corrected chi connectivity index (χ4v) is 4.18. The predicted molar refractivity (Wildman–Crippen MR) is 127 cm³/mol. The Morgan fingerprint density at radius 2 is 1.69 bits per heavy atom. The van der Waals surface area contributed by atoms with Gasteiger partial charge < -0.3 is 24.4 Å². The summed E-state index contributed by atoms with van der Waals surface area (Å²) in [5.74, 6) is -0.395. The quantitative estimate of drug-likeness (QED) is 0.470. The zero-order valence-corrected chi connectivity index (χ0v) is 20.5. The van der Waals surface area contributed by atoms with E-state index in [1.54, 1.807) is 55.0 Å². The number of halogens is 3. The van der Waals surface area contributed by atoms with Crippen LogP contribution < -0.4 is 4.74 Å². The monoisotopic (exact) mass is 508 g/mol. The maximum absolute atomic E-state index is 12.8. The molecule has 1 saturated heterocycles. The van der Waals surface area contributed by atoms with E-state index >= 15 is 0 Å². The summed E-state index contributed by atoms with van der Waals surface area (Å²) in [6.07, 6.45) is -3.59. The molecule has 3 rings (SSSR count). The third-order valence-corrected chi connectivity index (χ3v) is 6.31. The number of carboxylic acids is 1. The van der Waals surface area contributed by atoms with Crippen LogP contribution in [-0.4, -0.2) is 65.4 Å². The van der Waals surface area contributed by atoms with Crippen molar-refractivity contribution < 1.29 is 37.3 Å². The number of carbonyl (C=O) groups excluding carboxylic acids is 1. The molecular formula is C26H31F3N2O5. The minimum absolute atomic E-state index is 0.0892. The number of nitrogens with zero attached hydrogens (tertiary/aromatic N) is 2. The summed E-state index contributed by atoms with van der Waals surface area (Å²) in [5, 5.41) is 9.46. The summed E-state index contributed by atoms with van der Waals surface area (Å²) in [7, 11) is 1.70. The van der Waals surface area contributed by atoms with Gasteiger partial charge in [0, 0.05) is 39.6 Å². The van der Waals surface area contributed by atoms with Gasteiger partial charge >= 0.3 is 18.2 Å². The lowest BCUT2D eigenvalue weighted by atomic mass is 9.96.